The lowest BCUT2D eigenvalue weighted by Crippen LogP contribution is -2.30. The Morgan fingerprint density at radius 3 is 2.53 bits per heavy atom. The van der Waals surface area contributed by atoms with Gasteiger partial charge in [-0.05, 0) is 24.0 Å². The van der Waals surface area contributed by atoms with Crippen molar-refractivity contribution >= 4 is 11.6 Å². The minimum Gasteiger partial charge on any atom is -0.352 e. The number of carbonyl (C=O) groups excluding carboxylic acids is 1. The zero-order valence-corrected chi connectivity index (χ0v) is 11.1. The molecule has 1 aromatic rings. The van der Waals surface area contributed by atoms with Gasteiger partial charge in [-0.15, -0.1) is 0 Å². The summed E-state index contributed by atoms with van der Waals surface area (Å²) in [6.07, 6.45) is 0. The van der Waals surface area contributed by atoms with Gasteiger partial charge in [0.2, 0.25) is 5.82 Å². The summed E-state index contributed by atoms with van der Waals surface area (Å²) in [5.74, 6) is -0.711. The van der Waals surface area contributed by atoms with Gasteiger partial charge in [-0.25, -0.2) is 0 Å². The van der Waals surface area contributed by atoms with E-state index < -0.39 is 22.3 Å². The van der Waals surface area contributed by atoms with E-state index in [9.17, 15) is 19.3 Å². The van der Waals surface area contributed by atoms with Crippen LogP contribution in [0.3, 0.4) is 0 Å². The third-order valence-electron chi connectivity index (χ3n) is 3.13. The summed E-state index contributed by atoms with van der Waals surface area (Å²) in [6.45, 7) is 6.57. The molecule has 1 N–H and O–H groups in total. The monoisotopic (exact) mass is 268 g/mol. The van der Waals surface area contributed by atoms with Crippen LogP contribution in [-0.4, -0.2) is 17.4 Å². The normalized spacial score (nSPS) is 12.3. The number of nitro benzene ring substituents is 1. The van der Waals surface area contributed by atoms with E-state index in [0.29, 0.717) is 18.4 Å². The van der Waals surface area contributed by atoms with Gasteiger partial charge in [0.25, 0.3) is 5.91 Å². The van der Waals surface area contributed by atoms with Gasteiger partial charge in [0, 0.05) is 18.2 Å². The molecule has 0 fully saturated rings. The van der Waals surface area contributed by atoms with Crippen molar-refractivity contribution in [1.29, 1.82) is 0 Å². The highest BCUT2D eigenvalue weighted by atomic mass is 19.1. The molecule has 1 rings (SSSR count). The fourth-order valence-corrected chi connectivity index (χ4v) is 1.39. The number of nitrogens with one attached hydrogen (secondary N) is 1. The molecule has 19 heavy (non-hydrogen) atoms. The summed E-state index contributed by atoms with van der Waals surface area (Å²) in [7, 11) is 0. The summed E-state index contributed by atoms with van der Waals surface area (Å²) in [6, 6.07) is 3.13. The minimum atomic E-state index is -1.01. The third-order valence-corrected chi connectivity index (χ3v) is 3.13. The van der Waals surface area contributed by atoms with Crippen LogP contribution in [0.15, 0.2) is 18.2 Å². The summed E-state index contributed by atoms with van der Waals surface area (Å²) in [5, 5.41) is 13.1. The number of halogens is 1. The number of carbonyl (C=O) groups is 1. The van der Waals surface area contributed by atoms with Gasteiger partial charge in [0.15, 0.2) is 0 Å². The summed E-state index contributed by atoms with van der Waals surface area (Å²) >= 11 is 0. The van der Waals surface area contributed by atoms with Gasteiger partial charge >= 0.3 is 5.69 Å². The smallest absolute Gasteiger partial charge is 0.304 e. The predicted octanol–water partition coefficient (Wildman–Crippen LogP) is 2.76. The molecule has 1 atom stereocenters. The lowest BCUT2D eigenvalue weighted by atomic mass is 9.98. The molecule has 1 amide bonds. The number of hydrogen-bond acceptors (Lipinski definition) is 3. The van der Waals surface area contributed by atoms with Crippen molar-refractivity contribution in [2.24, 2.45) is 11.8 Å². The Hall–Kier alpha value is -1.98. The molecule has 6 heteroatoms. The van der Waals surface area contributed by atoms with Crippen LogP contribution < -0.4 is 5.32 Å². The highest BCUT2D eigenvalue weighted by Crippen LogP contribution is 2.18. The maximum Gasteiger partial charge on any atom is 0.304 e. The van der Waals surface area contributed by atoms with E-state index >= 15 is 0 Å². The van der Waals surface area contributed by atoms with E-state index in [-0.39, 0.29) is 5.56 Å². The van der Waals surface area contributed by atoms with E-state index in [2.05, 4.69) is 5.32 Å². The average Bonchev–Trinajstić information content (AvgIpc) is 2.34. The molecule has 0 aliphatic rings. The molecule has 0 aliphatic heterocycles. The van der Waals surface area contributed by atoms with Crippen LogP contribution in [0.25, 0.3) is 0 Å². The Morgan fingerprint density at radius 1 is 1.42 bits per heavy atom. The summed E-state index contributed by atoms with van der Waals surface area (Å²) in [5.41, 5.74) is -0.550. The second kappa shape index (κ2) is 6.26. The Bertz CT molecular complexity index is 489. The predicted molar refractivity (Wildman–Crippen MR) is 69.4 cm³/mol. The van der Waals surface area contributed by atoms with Gasteiger partial charge < -0.3 is 5.32 Å². The number of hydrogen-bond donors (Lipinski definition) is 1. The van der Waals surface area contributed by atoms with E-state index in [1.165, 1.54) is 6.07 Å². The molecule has 0 spiro atoms. The van der Waals surface area contributed by atoms with Crippen LogP contribution in [0.2, 0.25) is 0 Å². The number of nitrogens with zero attached hydrogens (tertiary/aromatic N) is 1. The summed E-state index contributed by atoms with van der Waals surface area (Å²) in [4.78, 5) is 21.4. The fraction of sp³-hybridized carbons (Fsp3) is 0.462. The zero-order chi connectivity index (χ0) is 14.6. The van der Waals surface area contributed by atoms with Crippen molar-refractivity contribution in [3.05, 3.63) is 39.7 Å². The lowest BCUT2D eigenvalue weighted by molar-refractivity contribution is -0.387. The van der Waals surface area contributed by atoms with Gasteiger partial charge in [-0.3, -0.25) is 14.9 Å². The first-order valence-electron chi connectivity index (χ1n) is 6.05. The Labute approximate surface area is 111 Å². The van der Waals surface area contributed by atoms with Crippen LogP contribution in [0.4, 0.5) is 10.1 Å². The van der Waals surface area contributed by atoms with Crippen LogP contribution >= 0.6 is 0 Å². The molecule has 0 bridgehead atoms. The van der Waals surface area contributed by atoms with Gasteiger partial charge in [0.05, 0.1) is 4.92 Å². The second-order valence-corrected chi connectivity index (χ2v) is 4.85. The van der Waals surface area contributed by atoms with Gasteiger partial charge in [-0.2, -0.15) is 4.39 Å². The van der Waals surface area contributed by atoms with Crippen molar-refractivity contribution in [2.75, 3.05) is 6.54 Å². The molecule has 0 aromatic heterocycles. The van der Waals surface area contributed by atoms with Crippen molar-refractivity contribution in [1.82, 2.24) is 5.32 Å². The topological polar surface area (TPSA) is 72.2 Å². The quantitative estimate of drug-likeness (QED) is 0.659. The number of nitro groups is 1. The maximum absolute atomic E-state index is 13.4. The molecular weight excluding hydrogens is 251 g/mol. The van der Waals surface area contributed by atoms with Gasteiger partial charge in [0.1, 0.15) is 0 Å². The number of amides is 1. The van der Waals surface area contributed by atoms with E-state index in [1.807, 2.05) is 20.8 Å². The molecule has 0 heterocycles. The average molecular weight is 268 g/mol. The molecule has 0 radical (unpaired) electrons. The van der Waals surface area contributed by atoms with Crippen molar-refractivity contribution in [3.63, 3.8) is 0 Å². The van der Waals surface area contributed by atoms with Crippen LogP contribution in [0, 0.1) is 27.8 Å². The molecule has 0 saturated carbocycles. The second-order valence-electron chi connectivity index (χ2n) is 4.85. The first-order valence-corrected chi connectivity index (χ1v) is 6.05. The fourth-order valence-electron chi connectivity index (χ4n) is 1.39. The molecular formula is C13H17FN2O3. The minimum absolute atomic E-state index is 0.0825. The first-order chi connectivity index (χ1) is 8.82. The van der Waals surface area contributed by atoms with E-state index in [1.54, 1.807) is 0 Å². The molecule has 1 unspecified atom stereocenters. The van der Waals surface area contributed by atoms with Crippen LogP contribution in [0.5, 0.6) is 0 Å². The number of benzene rings is 1. The standard InChI is InChI=1S/C13H17FN2O3/c1-8(2)9(3)7-15-13(17)10-4-5-12(16(18)19)11(14)6-10/h4-6,8-9H,7H2,1-3H3,(H,15,17). The molecule has 104 valence electrons. The zero-order valence-electron chi connectivity index (χ0n) is 11.1. The first kappa shape index (κ1) is 15.1. The highest BCUT2D eigenvalue weighted by molar-refractivity contribution is 5.94. The SMILES string of the molecule is CC(C)C(C)CNC(=O)c1ccc([N+](=O)[O-])c(F)c1. The van der Waals surface area contributed by atoms with Gasteiger partial charge in [-0.1, -0.05) is 20.8 Å². The summed E-state index contributed by atoms with van der Waals surface area (Å²) < 4.78 is 13.4. The van der Waals surface area contributed by atoms with Crippen LogP contribution in [-0.2, 0) is 0 Å². The maximum atomic E-state index is 13.4. The Kier molecular flexibility index (Phi) is 4.97. The Balaban J connectivity index is 2.73. The van der Waals surface area contributed by atoms with Crippen molar-refractivity contribution in [2.45, 2.75) is 20.8 Å². The van der Waals surface area contributed by atoms with E-state index in [0.717, 1.165) is 12.1 Å². The van der Waals surface area contributed by atoms with Crippen molar-refractivity contribution in [3.8, 4) is 0 Å². The third kappa shape index (κ3) is 4.01. The van der Waals surface area contributed by atoms with Crippen LogP contribution in [0.1, 0.15) is 31.1 Å². The van der Waals surface area contributed by atoms with Crippen molar-refractivity contribution < 1.29 is 14.1 Å². The van der Waals surface area contributed by atoms with E-state index in [4.69, 9.17) is 0 Å². The number of rotatable bonds is 5. The molecule has 5 nitrogen and oxygen atoms in total. The Morgan fingerprint density at radius 2 is 2.05 bits per heavy atom. The lowest BCUT2D eigenvalue weighted by Gasteiger charge is -2.16. The molecule has 0 saturated heterocycles. The molecule has 1 aromatic carbocycles. The highest BCUT2D eigenvalue weighted by Gasteiger charge is 2.17. The molecule has 0 aliphatic carbocycles. The largest absolute Gasteiger partial charge is 0.352 e.